The third kappa shape index (κ3) is 3.86. The minimum Gasteiger partial charge on any atom is -0.370 e. The summed E-state index contributed by atoms with van der Waals surface area (Å²) < 4.78 is 69.5. The second-order valence-electron chi connectivity index (χ2n) is 6.35. The van der Waals surface area contributed by atoms with E-state index in [0.717, 1.165) is 25.1 Å². The minimum absolute atomic E-state index is 0.0124. The standard InChI is InChI=1S/C17H19F3N4O2S/c1-10-13(24(2)11-6-7-21-9-11)8-12(18)17(16(10)20)27(25,26)23-15-5-3-4-14(19)22-15/h3-5,8,11,21H,6-7,9H2,1-2H3,(H,22,23). The summed E-state index contributed by atoms with van der Waals surface area (Å²) in [6.07, 6.45) is 0.812. The van der Waals surface area contributed by atoms with E-state index in [1.54, 1.807) is 11.9 Å². The lowest BCUT2D eigenvalue weighted by molar-refractivity contribution is 0.514. The molecule has 10 heteroatoms. The summed E-state index contributed by atoms with van der Waals surface area (Å²) in [5, 5.41) is 3.17. The number of hydrogen-bond acceptors (Lipinski definition) is 5. The molecule has 1 fully saturated rings. The summed E-state index contributed by atoms with van der Waals surface area (Å²) in [5.74, 6) is -3.71. The Bertz CT molecular complexity index is 963. The molecule has 1 saturated heterocycles. The number of pyridine rings is 1. The number of likely N-dealkylation sites (N-methyl/N-ethyl adjacent to an activating group) is 1. The van der Waals surface area contributed by atoms with Crippen molar-refractivity contribution < 1.29 is 21.6 Å². The molecule has 0 saturated carbocycles. The molecule has 0 bridgehead atoms. The summed E-state index contributed by atoms with van der Waals surface area (Å²) in [4.78, 5) is 3.96. The maximum atomic E-state index is 14.9. The Hall–Kier alpha value is -2.33. The lowest BCUT2D eigenvalue weighted by atomic mass is 10.1. The third-order valence-corrected chi connectivity index (χ3v) is 5.97. The number of hydrogen-bond donors (Lipinski definition) is 2. The lowest BCUT2D eigenvalue weighted by Crippen LogP contribution is -2.34. The predicted molar refractivity (Wildman–Crippen MR) is 95.8 cm³/mol. The Morgan fingerprint density at radius 2 is 2.04 bits per heavy atom. The molecule has 1 aliphatic heterocycles. The molecule has 146 valence electrons. The zero-order chi connectivity index (χ0) is 19.8. The average molecular weight is 400 g/mol. The van der Waals surface area contributed by atoms with Crippen LogP contribution in [0, 0.1) is 24.5 Å². The van der Waals surface area contributed by atoms with E-state index < -0.39 is 32.5 Å². The van der Waals surface area contributed by atoms with Gasteiger partial charge in [0.2, 0.25) is 5.95 Å². The highest BCUT2D eigenvalue weighted by molar-refractivity contribution is 7.92. The van der Waals surface area contributed by atoms with Crippen LogP contribution in [0.15, 0.2) is 29.2 Å². The average Bonchev–Trinajstić information content (AvgIpc) is 3.11. The van der Waals surface area contributed by atoms with Crippen LogP contribution in [0.3, 0.4) is 0 Å². The Morgan fingerprint density at radius 3 is 2.67 bits per heavy atom. The molecule has 1 aromatic carbocycles. The van der Waals surface area contributed by atoms with Gasteiger partial charge in [0.15, 0.2) is 10.7 Å². The number of rotatable bonds is 5. The Labute approximate surface area is 155 Å². The van der Waals surface area contributed by atoms with E-state index in [9.17, 15) is 21.6 Å². The normalized spacial score (nSPS) is 17.1. The van der Waals surface area contributed by atoms with E-state index in [1.807, 2.05) is 4.72 Å². The summed E-state index contributed by atoms with van der Waals surface area (Å²) in [6, 6.07) is 4.49. The highest BCUT2D eigenvalue weighted by Gasteiger charge is 2.30. The monoisotopic (exact) mass is 400 g/mol. The zero-order valence-electron chi connectivity index (χ0n) is 14.8. The number of anilines is 2. The molecule has 3 rings (SSSR count). The molecule has 2 aromatic rings. The van der Waals surface area contributed by atoms with Crippen molar-refractivity contribution in [2.24, 2.45) is 0 Å². The highest BCUT2D eigenvalue weighted by atomic mass is 32.2. The first-order valence-corrected chi connectivity index (χ1v) is 9.76. The largest absolute Gasteiger partial charge is 0.370 e. The van der Waals surface area contributed by atoms with Gasteiger partial charge in [0, 0.05) is 30.9 Å². The lowest BCUT2D eigenvalue weighted by Gasteiger charge is -2.28. The second-order valence-corrected chi connectivity index (χ2v) is 7.97. The molecule has 27 heavy (non-hydrogen) atoms. The van der Waals surface area contributed by atoms with Crippen LogP contribution < -0.4 is 14.9 Å². The van der Waals surface area contributed by atoms with Gasteiger partial charge in [0.05, 0.1) is 0 Å². The maximum Gasteiger partial charge on any atom is 0.268 e. The van der Waals surface area contributed by atoms with Crippen molar-refractivity contribution in [2.45, 2.75) is 24.3 Å². The van der Waals surface area contributed by atoms with Gasteiger partial charge in [-0.15, -0.1) is 0 Å². The summed E-state index contributed by atoms with van der Waals surface area (Å²) in [6.45, 7) is 2.87. The van der Waals surface area contributed by atoms with Gasteiger partial charge in [0.1, 0.15) is 11.6 Å². The van der Waals surface area contributed by atoms with Gasteiger partial charge in [-0.3, -0.25) is 4.72 Å². The molecule has 1 aliphatic rings. The van der Waals surface area contributed by atoms with E-state index in [-0.39, 0.29) is 23.1 Å². The summed E-state index contributed by atoms with van der Waals surface area (Å²) in [7, 11) is -2.93. The van der Waals surface area contributed by atoms with Crippen LogP contribution in [0.1, 0.15) is 12.0 Å². The van der Waals surface area contributed by atoms with Crippen LogP contribution in [-0.4, -0.2) is 39.6 Å². The molecule has 0 radical (unpaired) electrons. The van der Waals surface area contributed by atoms with Gasteiger partial charge in [-0.25, -0.2) is 22.2 Å². The van der Waals surface area contributed by atoms with E-state index in [2.05, 4.69) is 10.3 Å². The number of sulfonamides is 1. The molecule has 1 unspecified atom stereocenters. The molecule has 1 aromatic heterocycles. The molecule has 2 N–H and O–H groups in total. The van der Waals surface area contributed by atoms with Crippen molar-refractivity contribution in [1.82, 2.24) is 10.3 Å². The Balaban J connectivity index is 1.99. The fraction of sp³-hybridized carbons (Fsp3) is 0.353. The van der Waals surface area contributed by atoms with Crippen molar-refractivity contribution in [3.8, 4) is 0 Å². The summed E-state index contributed by atoms with van der Waals surface area (Å²) >= 11 is 0. The fourth-order valence-corrected chi connectivity index (χ4v) is 4.31. The van der Waals surface area contributed by atoms with Crippen LogP contribution in [0.25, 0.3) is 0 Å². The third-order valence-electron chi connectivity index (χ3n) is 4.58. The van der Waals surface area contributed by atoms with Gasteiger partial charge in [-0.1, -0.05) is 6.07 Å². The quantitative estimate of drug-likeness (QED) is 0.754. The van der Waals surface area contributed by atoms with Gasteiger partial charge in [-0.05, 0) is 38.1 Å². The number of benzene rings is 1. The van der Waals surface area contributed by atoms with Gasteiger partial charge in [0.25, 0.3) is 10.0 Å². The second kappa shape index (κ2) is 7.35. The number of nitrogens with zero attached hydrogens (tertiary/aromatic N) is 2. The van der Waals surface area contributed by atoms with Gasteiger partial charge in [-0.2, -0.15) is 4.39 Å². The highest BCUT2D eigenvalue weighted by Crippen LogP contribution is 2.32. The number of halogens is 3. The molecule has 2 heterocycles. The molecule has 6 nitrogen and oxygen atoms in total. The molecule has 0 aliphatic carbocycles. The van der Waals surface area contributed by atoms with Crippen LogP contribution in [0.4, 0.5) is 24.7 Å². The van der Waals surface area contributed by atoms with E-state index in [4.69, 9.17) is 0 Å². The van der Waals surface area contributed by atoms with Crippen LogP contribution >= 0.6 is 0 Å². The van der Waals surface area contributed by atoms with E-state index in [0.29, 0.717) is 6.54 Å². The van der Waals surface area contributed by atoms with E-state index >= 15 is 0 Å². The summed E-state index contributed by atoms with van der Waals surface area (Å²) in [5.41, 5.74) is 0.292. The van der Waals surface area contributed by atoms with Crippen molar-refractivity contribution >= 4 is 21.5 Å². The van der Waals surface area contributed by atoms with Crippen molar-refractivity contribution in [1.29, 1.82) is 0 Å². The Kier molecular flexibility index (Phi) is 5.29. The van der Waals surface area contributed by atoms with Crippen molar-refractivity contribution in [2.75, 3.05) is 29.8 Å². The molecular formula is C17H19F3N4O2S. The van der Waals surface area contributed by atoms with Gasteiger partial charge >= 0.3 is 0 Å². The molecule has 0 spiro atoms. The zero-order valence-corrected chi connectivity index (χ0v) is 15.6. The number of nitrogens with one attached hydrogen (secondary N) is 2. The molecular weight excluding hydrogens is 381 g/mol. The first kappa shape index (κ1) is 19.4. The van der Waals surface area contributed by atoms with Crippen LogP contribution in [0.5, 0.6) is 0 Å². The van der Waals surface area contributed by atoms with Crippen molar-refractivity contribution in [3.63, 3.8) is 0 Å². The topological polar surface area (TPSA) is 74.3 Å². The van der Waals surface area contributed by atoms with Gasteiger partial charge < -0.3 is 10.2 Å². The SMILES string of the molecule is Cc1c(N(C)C2CCNC2)cc(F)c(S(=O)(=O)Nc2cccc(F)n2)c1F. The maximum absolute atomic E-state index is 14.9. The van der Waals surface area contributed by atoms with Crippen LogP contribution in [-0.2, 0) is 10.0 Å². The first-order chi connectivity index (χ1) is 12.7. The van der Waals surface area contributed by atoms with Crippen LogP contribution in [0.2, 0.25) is 0 Å². The Morgan fingerprint density at radius 1 is 1.30 bits per heavy atom. The molecule has 1 atom stereocenters. The molecule has 0 amide bonds. The van der Waals surface area contributed by atoms with Crippen molar-refractivity contribution in [3.05, 3.63) is 47.4 Å². The fourth-order valence-electron chi connectivity index (χ4n) is 3.11. The first-order valence-electron chi connectivity index (χ1n) is 8.28. The van der Waals surface area contributed by atoms with E-state index in [1.165, 1.54) is 19.1 Å². The minimum atomic E-state index is -4.64. The smallest absolute Gasteiger partial charge is 0.268 e. The number of aromatic nitrogens is 1. The predicted octanol–water partition coefficient (Wildman–Crippen LogP) is 2.41.